The zero-order chi connectivity index (χ0) is 13.1. The molecule has 0 aromatic heterocycles. The van der Waals surface area contributed by atoms with Crippen molar-refractivity contribution in [1.82, 2.24) is 5.32 Å². The number of nitrogens with one attached hydrogen (secondary N) is 1. The maximum Gasteiger partial charge on any atom is 0.0409 e. The van der Waals surface area contributed by atoms with E-state index in [9.17, 15) is 0 Å². The standard InChI is InChI=1S/C16H24ClN/c1-11-6-4-9-16(12(11)2)18-13(3)14-7-5-8-15(17)10-14/h5,7-8,10-13,16,18H,4,6,9H2,1-3H3/t11?,12?,13-,16?/m1/s1. The summed E-state index contributed by atoms with van der Waals surface area (Å²) in [6.07, 6.45) is 4.03. The fourth-order valence-electron chi connectivity index (χ4n) is 3.01. The first-order chi connectivity index (χ1) is 8.58. The third-order valence-electron chi connectivity index (χ3n) is 4.52. The van der Waals surface area contributed by atoms with Gasteiger partial charge in [0.2, 0.25) is 0 Å². The van der Waals surface area contributed by atoms with Gasteiger partial charge in [0.15, 0.2) is 0 Å². The topological polar surface area (TPSA) is 12.0 Å². The van der Waals surface area contributed by atoms with Crippen molar-refractivity contribution in [3.63, 3.8) is 0 Å². The van der Waals surface area contributed by atoms with Crippen LogP contribution < -0.4 is 5.32 Å². The van der Waals surface area contributed by atoms with Crippen LogP contribution in [0.3, 0.4) is 0 Å². The molecule has 0 bridgehead atoms. The molecule has 1 N–H and O–H groups in total. The molecule has 4 atom stereocenters. The lowest BCUT2D eigenvalue weighted by molar-refractivity contribution is 0.196. The molecule has 0 radical (unpaired) electrons. The Kier molecular flexibility index (Phi) is 4.69. The maximum absolute atomic E-state index is 6.06. The van der Waals surface area contributed by atoms with Crippen LogP contribution in [0.25, 0.3) is 0 Å². The smallest absolute Gasteiger partial charge is 0.0409 e. The highest BCUT2D eigenvalue weighted by Crippen LogP contribution is 2.31. The van der Waals surface area contributed by atoms with Gasteiger partial charge in [-0.2, -0.15) is 0 Å². The lowest BCUT2D eigenvalue weighted by atomic mass is 9.77. The minimum absolute atomic E-state index is 0.376. The quantitative estimate of drug-likeness (QED) is 0.827. The van der Waals surface area contributed by atoms with Crippen LogP contribution >= 0.6 is 11.6 Å². The van der Waals surface area contributed by atoms with Crippen LogP contribution in [0.5, 0.6) is 0 Å². The van der Waals surface area contributed by atoms with Crippen molar-refractivity contribution in [1.29, 1.82) is 0 Å². The molecule has 2 rings (SSSR count). The summed E-state index contributed by atoms with van der Waals surface area (Å²) < 4.78 is 0. The number of halogens is 1. The predicted molar refractivity (Wildman–Crippen MR) is 79.0 cm³/mol. The Labute approximate surface area is 116 Å². The van der Waals surface area contributed by atoms with Gasteiger partial charge < -0.3 is 5.32 Å². The van der Waals surface area contributed by atoms with E-state index < -0.39 is 0 Å². The molecular weight excluding hydrogens is 242 g/mol. The SMILES string of the molecule is CC1CCCC(N[C@H](C)c2cccc(Cl)c2)C1C. The Morgan fingerprint density at radius 3 is 2.78 bits per heavy atom. The fourth-order valence-corrected chi connectivity index (χ4v) is 3.21. The number of rotatable bonds is 3. The van der Waals surface area contributed by atoms with Gasteiger partial charge in [-0.25, -0.2) is 0 Å². The Morgan fingerprint density at radius 2 is 2.06 bits per heavy atom. The van der Waals surface area contributed by atoms with E-state index in [1.165, 1.54) is 24.8 Å². The molecule has 1 aromatic carbocycles. The molecule has 1 fully saturated rings. The summed E-state index contributed by atoms with van der Waals surface area (Å²) >= 11 is 6.06. The molecule has 0 amide bonds. The summed E-state index contributed by atoms with van der Waals surface area (Å²) in [5, 5.41) is 4.61. The van der Waals surface area contributed by atoms with Gasteiger partial charge in [-0.05, 0) is 42.9 Å². The molecule has 1 aliphatic rings. The monoisotopic (exact) mass is 265 g/mol. The van der Waals surface area contributed by atoms with Crippen LogP contribution in [-0.4, -0.2) is 6.04 Å². The van der Waals surface area contributed by atoms with E-state index in [2.05, 4.69) is 38.2 Å². The zero-order valence-corrected chi connectivity index (χ0v) is 12.4. The van der Waals surface area contributed by atoms with E-state index >= 15 is 0 Å². The highest BCUT2D eigenvalue weighted by Gasteiger charge is 2.27. The van der Waals surface area contributed by atoms with Crippen molar-refractivity contribution < 1.29 is 0 Å². The zero-order valence-electron chi connectivity index (χ0n) is 11.6. The van der Waals surface area contributed by atoms with E-state index in [1.807, 2.05) is 12.1 Å². The van der Waals surface area contributed by atoms with E-state index in [1.54, 1.807) is 0 Å². The molecule has 1 saturated carbocycles. The van der Waals surface area contributed by atoms with Crippen molar-refractivity contribution in [2.24, 2.45) is 11.8 Å². The molecule has 2 heteroatoms. The van der Waals surface area contributed by atoms with Gasteiger partial charge in [0.1, 0.15) is 0 Å². The Hall–Kier alpha value is -0.530. The first-order valence-electron chi connectivity index (χ1n) is 7.09. The van der Waals surface area contributed by atoms with Gasteiger partial charge in [0.05, 0.1) is 0 Å². The molecule has 0 heterocycles. The van der Waals surface area contributed by atoms with Crippen molar-refractivity contribution in [2.45, 2.75) is 52.1 Å². The molecule has 0 spiro atoms. The van der Waals surface area contributed by atoms with Crippen LogP contribution in [0.15, 0.2) is 24.3 Å². The van der Waals surface area contributed by atoms with Crippen molar-refractivity contribution in [3.05, 3.63) is 34.9 Å². The summed E-state index contributed by atoms with van der Waals surface area (Å²) in [5.74, 6) is 1.60. The minimum Gasteiger partial charge on any atom is -0.307 e. The van der Waals surface area contributed by atoms with Gasteiger partial charge >= 0.3 is 0 Å². The first kappa shape index (κ1) is 13.9. The summed E-state index contributed by atoms with van der Waals surface area (Å²) in [6, 6.07) is 9.20. The average Bonchev–Trinajstić information content (AvgIpc) is 2.35. The van der Waals surface area contributed by atoms with Crippen LogP contribution in [0.4, 0.5) is 0 Å². The first-order valence-corrected chi connectivity index (χ1v) is 7.47. The van der Waals surface area contributed by atoms with Crippen molar-refractivity contribution in [3.8, 4) is 0 Å². The Balaban J connectivity index is 2.00. The van der Waals surface area contributed by atoms with E-state index in [0.717, 1.165) is 16.9 Å². The van der Waals surface area contributed by atoms with Gasteiger partial charge in [-0.15, -0.1) is 0 Å². The Morgan fingerprint density at radius 1 is 1.28 bits per heavy atom. The second kappa shape index (κ2) is 6.08. The minimum atomic E-state index is 0.376. The molecule has 100 valence electrons. The molecular formula is C16H24ClN. The van der Waals surface area contributed by atoms with Crippen LogP contribution in [-0.2, 0) is 0 Å². The predicted octanol–water partition coefficient (Wildman–Crippen LogP) is 4.82. The van der Waals surface area contributed by atoms with E-state index in [-0.39, 0.29) is 0 Å². The van der Waals surface area contributed by atoms with Gasteiger partial charge in [-0.1, -0.05) is 50.4 Å². The van der Waals surface area contributed by atoms with Gasteiger partial charge in [0, 0.05) is 17.1 Å². The summed E-state index contributed by atoms with van der Waals surface area (Å²) in [6.45, 7) is 6.99. The summed E-state index contributed by atoms with van der Waals surface area (Å²) in [5.41, 5.74) is 1.29. The van der Waals surface area contributed by atoms with Crippen molar-refractivity contribution in [2.75, 3.05) is 0 Å². The molecule has 0 saturated heterocycles. The lowest BCUT2D eigenvalue weighted by Gasteiger charge is -2.36. The number of benzene rings is 1. The van der Waals surface area contributed by atoms with Crippen LogP contribution in [0, 0.1) is 11.8 Å². The molecule has 18 heavy (non-hydrogen) atoms. The fraction of sp³-hybridized carbons (Fsp3) is 0.625. The molecule has 0 aliphatic heterocycles. The summed E-state index contributed by atoms with van der Waals surface area (Å²) in [4.78, 5) is 0. The number of hydrogen-bond acceptors (Lipinski definition) is 1. The number of hydrogen-bond donors (Lipinski definition) is 1. The second-order valence-corrected chi connectivity index (χ2v) is 6.25. The Bertz CT molecular complexity index is 390. The second-order valence-electron chi connectivity index (χ2n) is 5.82. The van der Waals surface area contributed by atoms with Crippen LogP contribution in [0.2, 0.25) is 5.02 Å². The molecule has 1 aliphatic carbocycles. The lowest BCUT2D eigenvalue weighted by Crippen LogP contribution is -2.41. The van der Waals surface area contributed by atoms with Gasteiger partial charge in [0.25, 0.3) is 0 Å². The third kappa shape index (κ3) is 3.27. The molecule has 1 aromatic rings. The molecule has 1 nitrogen and oxygen atoms in total. The normalized spacial score (nSPS) is 30.1. The highest BCUT2D eigenvalue weighted by atomic mass is 35.5. The van der Waals surface area contributed by atoms with Gasteiger partial charge in [-0.3, -0.25) is 0 Å². The largest absolute Gasteiger partial charge is 0.307 e. The average molecular weight is 266 g/mol. The van der Waals surface area contributed by atoms with E-state index in [0.29, 0.717) is 12.1 Å². The summed E-state index contributed by atoms with van der Waals surface area (Å²) in [7, 11) is 0. The van der Waals surface area contributed by atoms with Crippen LogP contribution in [0.1, 0.15) is 51.6 Å². The highest BCUT2D eigenvalue weighted by molar-refractivity contribution is 6.30. The van der Waals surface area contributed by atoms with E-state index in [4.69, 9.17) is 11.6 Å². The molecule has 3 unspecified atom stereocenters. The van der Waals surface area contributed by atoms with Crippen molar-refractivity contribution >= 4 is 11.6 Å². The third-order valence-corrected chi connectivity index (χ3v) is 4.75. The maximum atomic E-state index is 6.06.